The molecule has 1 heterocycles. The zero-order valence-corrected chi connectivity index (χ0v) is 16.2. The molecule has 4 rings (SSSR count). The molecule has 1 amide bonds. The number of carbonyl (C=O) groups is 1. The molecule has 0 unspecified atom stereocenters. The number of nitrogens with zero attached hydrogens (tertiary/aromatic N) is 1. The van der Waals surface area contributed by atoms with Crippen LogP contribution in [0.15, 0.2) is 42.5 Å². The molecular formula is C21H25NO4S. The first-order valence-corrected chi connectivity index (χ1v) is 11.3. The molecule has 2 aromatic rings. The van der Waals surface area contributed by atoms with E-state index in [-0.39, 0.29) is 17.8 Å². The first-order chi connectivity index (χ1) is 13.0. The maximum atomic E-state index is 12.7. The third kappa shape index (κ3) is 3.81. The molecule has 0 N–H and O–H groups in total. The summed E-state index contributed by atoms with van der Waals surface area (Å²) < 4.78 is 31.0. The highest BCUT2D eigenvalue weighted by molar-refractivity contribution is 7.92. The van der Waals surface area contributed by atoms with Crippen molar-refractivity contribution < 1.29 is 17.9 Å². The normalized spacial score (nSPS) is 19.0. The highest BCUT2D eigenvalue weighted by Gasteiger charge is 2.43. The molecule has 1 saturated heterocycles. The fourth-order valence-corrected chi connectivity index (χ4v) is 6.32. The van der Waals surface area contributed by atoms with E-state index in [0.29, 0.717) is 18.8 Å². The number of sulfone groups is 1. The van der Waals surface area contributed by atoms with Gasteiger partial charge in [0.2, 0.25) is 0 Å². The minimum atomic E-state index is -3.12. The van der Waals surface area contributed by atoms with E-state index in [2.05, 4.69) is 0 Å². The summed E-state index contributed by atoms with van der Waals surface area (Å²) >= 11 is 0. The van der Waals surface area contributed by atoms with E-state index in [9.17, 15) is 13.2 Å². The summed E-state index contributed by atoms with van der Waals surface area (Å²) in [6, 6.07) is 13.7. The van der Waals surface area contributed by atoms with Crippen molar-refractivity contribution in [2.24, 2.45) is 0 Å². The van der Waals surface area contributed by atoms with Crippen LogP contribution in [0.3, 0.4) is 0 Å². The Labute approximate surface area is 160 Å². The van der Waals surface area contributed by atoms with Crippen LogP contribution >= 0.6 is 0 Å². The van der Waals surface area contributed by atoms with Gasteiger partial charge in [-0.3, -0.25) is 4.79 Å². The van der Waals surface area contributed by atoms with Crippen molar-refractivity contribution in [1.29, 1.82) is 0 Å². The largest absolute Gasteiger partial charge is 0.484 e. The number of hydrogen-bond donors (Lipinski definition) is 0. The Hall–Kier alpha value is -2.08. The second-order valence-corrected chi connectivity index (χ2v) is 10.1. The Morgan fingerprint density at radius 2 is 1.67 bits per heavy atom. The van der Waals surface area contributed by atoms with Crippen LogP contribution < -0.4 is 4.74 Å². The van der Waals surface area contributed by atoms with E-state index in [1.54, 1.807) is 4.90 Å². The number of ether oxygens (including phenoxy) is 1. The number of amides is 1. The molecule has 27 heavy (non-hydrogen) atoms. The molecule has 2 fully saturated rings. The zero-order chi connectivity index (χ0) is 18.9. The monoisotopic (exact) mass is 387 g/mol. The van der Waals surface area contributed by atoms with Crippen LogP contribution in [0.1, 0.15) is 32.1 Å². The summed E-state index contributed by atoms with van der Waals surface area (Å²) in [4.78, 5) is 13.9. The van der Waals surface area contributed by atoms with Gasteiger partial charge in [0.1, 0.15) is 5.75 Å². The fourth-order valence-electron chi connectivity index (χ4n) is 4.01. The fraction of sp³-hybridized carbons (Fsp3) is 0.476. The first-order valence-electron chi connectivity index (χ1n) is 9.66. The predicted molar refractivity (Wildman–Crippen MR) is 106 cm³/mol. The average Bonchev–Trinajstić information content (AvgIpc) is 2.65. The van der Waals surface area contributed by atoms with E-state index in [4.69, 9.17) is 4.74 Å². The van der Waals surface area contributed by atoms with Gasteiger partial charge in [-0.15, -0.1) is 0 Å². The Kier molecular flexibility index (Phi) is 5.08. The summed E-state index contributed by atoms with van der Waals surface area (Å²) in [5, 5.41) is 1.58. The Balaban J connectivity index is 1.29. The van der Waals surface area contributed by atoms with Crippen molar-refractivity contribution in [2.75, 3.05) is 19.7 Å². The second kappa shape index (κ2) is 7.50. The highest BCUT2D eigenvalue weighted by Crippen LogP contribution is 2.30. The topological polar surface area (TPSA) is 63.7 Å². The van der Waals surface area contributed by atoms with Gasteiger partial charge in [0.15, 0.2) is 16.4 Å². The number of rotatable bonds is 5. The third-order valence-corrected chi connectivity index (χ3v) is 8.39. The second-order valence-electron chi connectivity index (χ2n) is 7.57. The molecule has 0 atom stereocenters. The Morgan fingerprint density at radius 3 is 2.41 bits per heavy atom. The van der Waals surface area contributed by atoms with Crippen molar-refractivity contribution in [1.82, 2.24) is 4.90 Å². The van der Waals surface area contributed by atoms with Gasteiger partial charge in [0, 0.05) is 13.1 Å². The SMILES string of the molecule is O=C(COc1ccc2ccccc2c1)N1CC(S(=O)(=O)C2CCCCC2)C1. The zero-order valence-electron chi connectivity index (χ0n) is 15.3. The van der Waals surface area contributed by atoms with Gasteiger partial charge in [-0.25, -0.2) is 8.42 Å². The van der Waals surface area contributed by atoms with Gasteiger partial charge < -0.3 is 9.64 Å². The molecule has 6 heteroatoms. The van der Waals surface area contributed by atoms with Crippen molar-refractivity contribution >= 4 is 26.5 Å². The molecule has 0 bridgehead atoms. The van der Waals surface area contributed by atoms with Gasteiger partial charge in [-0.05, 0) is 35.7 Å². The van der Waals surface area contributed by atoms with E-state index in [0.717, 1.165) is 42.9 Å². The molecule has 0 spiro atoms. The quantitative estimate of drug-likeness (QED) is 0.790. The number of carbonyl (C=O) groups excluding carboxylic acids is 1. The highest BCUT2D eigenvalue weighted by atomic mass is 32.2. The molecule has 5 nitrogen and oxygen atoms in total. The molecule has 2 aromatic carbocycles. The molecule has 144 valence electrons. The summed E-state index contributed by atoms with van der Waals surface area (Å²) in [5.74, 6) is 0.493. The Morgan fingerprint density at radius 1 is 0.963 bits per heavy atom. The van der Waals surface area contributed by atoms with Gasteiger partial charge in [0.05, 0.1) is 10.5 Å². The van der Waals surface area contributed by atoms with E-state index in [1.807, 2.05) is 42.5 Å². The lowest BCUT2D eigenvalue weighted by Crippen LogP contribution is -2.59. The van der Waals surface area contributed by atoms with Crippen LogP contribution in [0.5, 0.6) is 5.75 Å². The molecule has 1 aliphatic carbocycles. The summed E-state index contributed by atoms with van der Waals surface area (Å²) in [6.45, 7) is 0.548. The number of benzene rings is 2. The molecule has 1 saturated carbocycles. The average molecular weight is 388 g/mol. The summed E-state index contributed by atoms with van der Waals surface area (Å²) in [7, 11) is -3.12. The van der Waals surface area contributed by atoms with E-state index >= 15 is 0 Å². The molecule has 2 aliphatic rings. The lowest BCUT2D eigenvalue weighted by atomic mass is 10.0. The van der Waals surface area contributed by atoms with E-state index in [1.165, 1.54) is 0 Å². The number of fused-ring (bicyclic) bond motifs is 1. The molecule has 0 radical (unpaired) electrons. The number of hydrogen-bond acceptors (Lipinski definition) is 4. The maximum absolute atomic E-state index is 12.7. The van der Waals surface area contributed by atoms with Gasteiger partial charge in [-0.2, -0.15) is 0 Å². The minimum Gasteiger partial charge on any atom is -0.484 e. The minimum absolute atomic E-state index is 0.0610. The summed E-state index contributed by atoms with van der Waals surface area (Å²) in [5.41, 5.74) is 0. The van der Waals surface area contributed by atoms with Crippen LogP contribution in [0.25, 0.3) is 10.8 Å². The van der Waals surface area contributed by atoms with Crippen LogP contribution in [-0.4, -0.2) is 49.4 Å². The Bertz CT molecular complexity index is 928. The van der Waals surface area contributed by atoms with Crippen LogP contribution in [-0.2, 0) is 14.6 Å². The lowest BCUT2D eigenvalue weighted by Gasteiger charge is -2.40. The predicted octanol–water partition coefficient (Wildman–Crippen LogP) is 3.18. The maximum Gasteiger partial charge on any atom is 0.260 e. The van der Waals surface area contributed by atoms with Crippen LogP contribution in [0.4, 0.5) is 0 Å². The molecule has 1 aliphatic heterocycles. The summed E-state index contributed by atoms with van der Waals surface area (Å²) in [6.07, 6.45) is 4.68. The molecular weight excluding hydrogens is 362 g/mol. The van der Waals surface area contributed by atoms with Crippen molar-refractivity contribution in [3.8, 4) is 5.75 Å². The van der Waals surface area contributed by atoms with Gasteiger partial charge in [-0.1, -0.05) is 49.6 Å². The molecule has 0 aromatic heterocycles. The first kappa shape index (κ1) is 18.3. The van der Waals surface area contributed by atoms with E-state index < -0.39 is 15.1 Å². The number of likely N-dealkylation sites (tertiary alicyclic amines) is 1. The van der Waals surface area contributed by atoms with Crippen LogP contribution in [0.2, 0.25) is 0 Å². The van der Waals surface area contributed by atoms with Crippen molar-refractivity contribution in [2.45, 2.75) is 42.6 Å². The van der Waals surface area contributed by atoms with Gasteiger partial charge in [0.25, 0.3) is 5.91 Å². The standard InChI is InChI=1S/C21H25NO4S/c23-21(15-26-18-11-10-16-6-4-5-7-17(16)12-18)22-13-20(14-22)27(24,25)19-8-2-1-3-9-19/h4-7,10-12,19-20H,1-3,8-9,13-15H2. The van der Waals surface area contributed by atoms with Crippen molar-refractivity contribution in [3.63, 3.8) is 0 Å². The van der Waals surface area contributed by atoms with Crippen LogP contribution in [0, 0.1) is 0 Å². The van der Waals surface area contributed by atoms with Crippen molar-refractivity contribution in [3.05, 3.63) is 42.5 Å². The smallest absolute Gasteiger partial charge is 0.260 e. The lowest BCUT2D eigenvalue weighted by molar-refractivity contribution is -0.136. The third-order valence-electron chi connectivity index (χ3n) is 5.77. The van der Waals surface area contributed by atoms with Gasteiger partial charge >= 0.3 is 0 Å².